The molecule has 6 heteroatoms. The average Bonchev–Trinajstić information content (AvgIpc) is 3.39. The van der Waals surface area contributed by atoms with E-state index >= 15 is 0 Å². The van der Waals surface area contributed by atoms with Gasteiger partial charge in [0.2, 0.25) is 0 Å². The number of hydrogen-bond acceptors (Lipinski definition) is 3. The second kappa shape index (κ2) is 7.98. The van der Waals surface area contributed by atoms with Crippen LogP contribution in [0.5, 0.6) is 0 Å². The second-order valence-corrected chi connectivity index (χ2v) is 8.13. The monoisotopic (exact) mass is 425 g/mol. The molecule has 3 aromatic carbocycles. The third-order valence-electron chi connectivity index (χ3n) is 6.15. The summed E-state index contributed by atoms with van der Waals surface area (Å²) in [5.74, 6) is -0.163. The van der Waals surface area contributed by atoms with Crippen LogP contribution in [0.2, 0.25) is 0 Å². The van der Waals surface area contributed by atoms with E-state index in [2.05, 4.69) is 41.2 Å². The number of nitrogens with zero attached hydrogens (tertiary/aromatic N) is 1. The molecular weight excluding hydrogens is 402 g/mol. The summed E-state index contributed by atoms with van der Waals surface area (Å²) in [5.41, 5.74) is 7.33. The van der Waals surface area contributed by atoms with Crippen molar-refractivity contribution in [2.75, 3.05) is 6.61 Å². The molecule has 1 unspecified atom stereocenters. The molecule has 0 bridgehead atoms. The highest BCUT2D eigenvalue weighted by Gasteiger charge is 2.26. The Morgan fingerprint density at radius 1 is 0.906 bits per heavy atom. The summed E-state index contributed by atoms with van der Waals surface area (Å²) in [5, 5.41) is 23.1. The molecule has 0 aliphatic carbocycles. The molecule has 0 spiro atoms. The van der Waals surface area contributed by atoms with Gasteiger partial charge in [0, 0.05) is 58.9 Å². The SMILES string of the molecule is Cc1ccc2[nH]cc(C(c3ccccc3CCO)c3c[nH]c4ccc([N+](=O)[O-])cc34)c2c1. The summed E-state index contributed by atoms with van der Waals surface area (Å²) in [6, 6.07) is 19.3. The summed E-state index contributed by atoms with van der Waals surface area (Å²) in [6.45, 7) is 2.12. The molecule has 2 aromatic heterocycles. The molecule has 5 rings (SSSR count). The quantitative estimate of drug-likeness (QED) is 0.245. The summed E-state index contributed by atoms with van der Waals surface area (Å²) in [7, 11) is 0. The van der Waals surface area contributed by atoms with Crippen LogP contribution >= 0.6 is 0 Å². The largest absolute Gasteiger partial charge is 0.396 e. The third-order valence-corrected chi connectivity index (χ3v) is 6.15. The lowest BCUT2D eigenvalue weighted by molar-refractivity contribution is -0.384. The number of aromatic amines is 2. The minimum Gasteiger partial charge on any atom is -0.396 e. The van der Waals surface area contributed by atoms with Crippen molar-refractivity contribution >= 4 is 27.5 Å². The summed E-state index contributed by atoms with van der Waals surface area (Å²) < 4.78 is 0. The van der Waals surface area contributed by atoms with Gasteiger partial charge in [0.1, 0.15) is 0 Å². The molecule has 3 N–H and O–H groups in total. The van der Waals surface area contributed by atoms with Crippen LogP contribution in [-0.4, -0.2) is 26.6 Å². The number of nitro groups is 1. The molecule has 0 saturated heterocycles. The van der Waals surface area contributed by atoms with E-state index in [0.717, 1.165) is 49.6 Å². The fourth-order valence-electron chi connectivity index (χ4n) is 4.64. The minimum atomic E-state index is -0.361. The number of non-ortho nitro benzene ring substituents is 1. The average molecular weight is 425 g/mol. The highest BCUT2D eigenvalue weighted by molar-refractivity contribution is 5.90. The van der Waals surface area contributed by atoms with Crippen LogP contribution in [0.1, 0.15) is 33.7 Å². The Balaban J connectivity index is 1.82. The minimum absolute atomic E-state index is 0.0517. The molecule has 0 amide bonds. The lowest BCUT2D eigenvalue weighted by Crippen LogP contribution is -2.07. The van der Waals surface area contributed by atoms with Crippen LogP contribution in [-0.2, 0) is 6.42 Å². The van der Waals surface area contributed by atoms with Gasteiger partial charge in [0.15, 0.2) is 0 Å². The van der Waals surface area contributed by atoms with Gasteiger partial charge in [-0.25, -0.2) is 0 Å². The van der Waals surface area contributed by atoms with Crippen LogP contribution in [0, 0.1) is 17.0 Å². The van der Waals surface area contributed by atoms with E-state index in [4.69, 9.17) is 0 Å². The lowest BCUT2D eigenvalue weighted by Gasteiger charge is -2.21. The highest BCUT2D eigenvalue weighted by Crippen LogP contribution is 2.41. The van der Waals surface area contributed by atoms with E-state index in [1.54, 1.807) is 12.1 Å². The predicted octanol–water partition coefficient (Wildman–Crippen LogP) is 5.58. The van der Waals surface area contributed by atoms with Gasteiger partial charge in [0.25, 0.3) is 5.69 Å². The number of nitrogens with one attached hydrogen (secondary N) is 2. The molecule has 0 aliphatic rings. The number of aliphatic hydroxyl groups is 1. The molecule has 0 saturated carbocycles. The maximum Gasteiger partial charge on any atom is 0.270 e. The Labute approximate surface area is 184 Å². The Bertz CT molecular complexity index is 1450. The van der Waals surface area contributed by atoms with Gasteiger partial charge in [0.05, 0.1) is 4.92 Å². The van der Waals surface area contributed by atoms with Crippen molar-refractivity contribution in [1.82, 2.24) is 9.97 Å². The van der Waals surface area contributed by atoms with E-state index < -0.39 is 0 Å². The summed E-state index contributed by atoms with van der Waals surface area (Å²) >= 11 is 0. The molecule has 2 heterocycles. The van der Waals surface area contributed by atoms with Crippen molar-refractivity contribution < 1.29 is 10.0 Å². The molecule has 160 valence electrons. The Morgan fingerprint density at radius 3 is 2.25 bits per heavy atom. The van der Waals surface area contributed by atoms with Crippen molar-refractivity contribution in [1.29, 1.82) is 0 Å². The zero-order valence-electron chi connectivity index (χ0n) is 17.6. The Kier molecular flexibility index (Phi) is 4.99. The molecule has 0 radical (unpaired) electrons. The fourth-order valence-corrected chi connectivity index (χ4v) is 4.64. The van der Waals surface area contributed by atoms with Gasteiger partial charge in [-0.05, 0) is 53.8 Å². The number of benzene rings is 3. The van der Waals surface area contributed by atoms with Crippen LogP contribution in [0.4, 0.5) is 5.69 Å². The highest BCUT2D eigenvalue weighted by atomic mass is 16.6. The Morgan fingerprint density at radius 2 is 1.56 bits per heavy atom. The van der Waals surface area contributed by atoms with E-state index in [1.165, 1.54) is 6.07 Å². The van der Waals surface area contributed by atoms with Crippen LogP contribution in [0.3, 0.4) is 0 Å². The normalized spacial score (nSPS) is 12.4. The van der Waals surface area contributed by atoms with E-state index in [9.17, 15) is 15.2 Å². The third kappa shape index (κ3) is 3.35. The molecule has 1 atom stereocenters. The second-order valence-electron chi connectivity index (χ2n) is 8.13. The number of aryl methyl sites for hydroxylation is 1. The molecule has 32 heavy (non-hydrogen) atoms. The lowest BCUT2D eigenvalue weighted by atomic mass is 9.82. The van der Waals surface area contributed by atoms with E-state index in [0.29, 0.717) is 6.42 Å². The fraction of sp³-hybridized carbons (Fsp3) is 0.154. The first kappa shape index (κ1) is 20.0. The van der Waals surface area contributed by atoms with Crippen molar-refractivity contribution in [2.24, 2.45) is 0 Å². The van der Waals surface area contributed by atoms with Crippen LogP contribution in [0.25, 0.3) is 21.8 Å². The number of fused-ring (bicyclic) bond motifs is 2. The van der Waals surface area contributed by atoms with Gasteiger partial charge in [-0.15, -0.1) is 0 Å². The van der Waals surface area contributed by atoms with Crippen molar-refractivity contribution in [2.45, 2.75) is 19.3 Å². The molecular formula is C26H23N3O3. The van der Waals surface area contributed by atoms with Crippen LogP contribution in [0.15, 0.2) is 73.1 Å². The maximum atomic E-state index is 11.5. The standard InChI is InChI=1S/C26H23N3O3/c1-16-6-8-24-20(12-16)22(14-27-24)26(19-5-3-2-4-17(19)10-11-30)23-15-28-25-9-7-18(29(31)32)13-21(23)25/h2-9,12-15,26-28,30H,10-11H2,1H3. The number of nitro benzene ring substituents is 1. The predicted molar refractivity (Wildman–Crippen MR) is 126 cm³/mol. The van der Waals surface area contributed by atoms with Crippen molar-refractivity contribution in [3.05, 3.63) is 111 Å². The smallest absolute Gasteiger partial charge is 0.270 e. The summed E-state index contributed by atoms with van der Waals surface area (Å²) in [6.07, 6.45) is 4.51. The molecule has 5 aromatic rings. The number of hydrogen-bond donors (Lipinski definition) is 3. The van der Waals surface area contributed by atoms with Crippen molar-refractivity contribution in [3.63, 3.8) is 0 Å². The van der Waals surface area contributed by atoms with Gasteiger partial charge >= 0.3 is 0 Å². The van der Waals surface area contributed by atoms with E-state index in [-0.39, 0.29) is 23.1 Å². The summed E-state index contributed by atoms with van der Waals surface area (Å²) in [4.78, 5) is 17.8. The first-order chi connectivity index (χ1) is 15.6. The zero-order chi connectivity index (χ0) is 22.2. The number of rotatable bonds is 6. The van der Waals surface area contributed by atoms with Gasteiger partial charge in [-0.1, -0.05) is 35.9 Å². The first-order valence-corrected chi connectivity index (χ1v) is 10.6. The number of aliphatic hydroxyl groups excluding tert-OH is 1. The number of H-pyrrole nitrogens is 2. The molecule has 0 fully saturated rings. The van der Waals surface area contributed by atoms with Crippen LogP contribution < -0.4 is 0 Å². The van der Waals surface area contributed by atoms with Gasteiger partial charge < -0.3 is 15.1 Å². The van der Waals surface area contributed by atoms with Crippen molar-refractivity contribution in [3.8, 4) is 0 Å². The van der Waals surface area contributed by atoms with E-state index in [1.807, 2.05) is 30.6 Å². The van der Waals surface area contributed by atoms with Gasteiger partial charge in [-0.3, -0.25) is 10.1 Å². The molecule has 6 nitrogen and oxygen atoms in total. The Hall–Kier alpha value is -3.90. The number of aromatic nitrogens is 2. The zero-order valence-corrected chi connectivity index (χ0v) is 17.6. The molecule has 0 aliphatic heterocycles. The maximum absolute atomic E-state index is 11.5. The topological polar surface area (TPSA) is 94.9 Å². The first-order valence-electron chi connectivity index (χ1n) is 10.6. The van der Waals surface area contributed by atoms with Gasteiger partial charge in [-0.2, -0.15) is 0 Å².